The summed E-state index contributed by atoms with van der Waals surface area (Å²) < 4.78 is 5.29. The van der Waals surface area contributed by atoms with E-state index < -0.39 is 0 Å². The largest absolute Gasteiger partial charge is 0.355 e. The number of nitrogens with one attached hydrogen (secondary N) is 1. The molecular weight excluding hydrogens is 511 g/mol. The van der Waals surface area contributed by atoms with Crippen molar-refractivity contribution in [2.24, 2.45) is 0 Å². The Morgan fingerprint density at radius 3 is 1.87 bits per heavy atom. The number of fused-ring (bicyclic) bond motifs is 6. The predicted molar refractivity (Wildman–Crippen MR) is 173 cm³/mol. The number of rotatable bonds is 4. The van der Waals surface area contributed by atoms with Crippen LogP contribution in [0.15, 0.2) is 133 Å². The highest BCUT2D eigenvalue weighted by atomic mass is 32.1. The van der Waals surface area contributed by atoms with Crippen LogP contribution >= 0.6 is 22.7 Å². The monoisotopic (exact) mass is 533 g/mol. The molecule has 0 radical (unpaired) electrons. The highest BCUT2D eigenvalue weighted by Crippen LogP contribution is 2.44. The topological polar surface area (TPSA) is 12.0 Å². The predicted octanol–water partition coefficient (Wildman–Crippen LogP) is 11.5. The fraction of sp³-hybridized carbons (Fsp3) is 0. The minimum absolute atomic E-state index is 1.09. The van der Waals surface area contributed by atoms with Crippen LogP contribution in [0.25, 0.3) is 62.6 Å². The van der Waals surface area contributed by atoms with E-state index in [1.807, 2.05) is 22.7 Å². The quantitative estimate of drug-likeness (QED) is 0.237. The van der Waals surface area contributed by atoms with Crippen LogP contribution < -0.4 is 5.32 Å². The smallest absolute Gasteiger partial charge is 0.0434 e. The van der Waals surface area contributed by atoms with Crippen molar-refractivity contribution in [1.29, 1.82) is 0 Å². The maximum atomic E-state index is 3.71. The molecule has 2 aromatic heterocycles. The fourth-order valence-electron chi connectivity index (χ4n) is 5.64. The Bertz CT molecular complexity index is 2150. The first-order valence-corrected chi connectivity index (χ1v) is 14.7. The standard InChI is InChI=1S/C36H23NS2/c1-2-9-23(10-3-1)26-19-17-24(37-25-18-20-29-27-11-4-6-15-33(27)38-35(29)22-25)21-32(26)31-14-8-13-30-28-12-5-7-16-34(28)39-36(30)31/h1-22,37H. The lowest BCUT2D eigenvalue weighted by Crippen LogP contribution is -1.93. The normalized spacial score (nSPS) is 11.6. The summed E-state index contributed by atoms with van der Waals surface area (Å²) >= 11 is 3.73. The van der Waals surface area contributed by atoms with E-state index in [2.05, 4.69) is 139 Å². The summed E-state index contributed by atoms with van der Waals surface area (Å²) in [7, 11) is 0. The zero-order valence-corrected chi connectivity index (χ0v) is 22.7. The molecule has 1 nitrogen and oxygen atoms in total. The molecule has 1 N–H and O–H groups in total. The van der Waals surface area contributed by atoms with Crippen molar-refractivity contribution >= 4 is 74.4 Å². The second-order valence-electron chi connectivity index (χ2n) is 9.84. The van der Waals surface area contributed by atoms with Crippen LogP contribution in [0.4, 0.5) is 11.4 Å². The molecule has 0 unspecified atom stereocenters. The van der Waals surface area contributed by atoms with Gasteiger partial charge in [0.1, 0.15) is 0 Å². The van der Waals surface area contributed by atoms with Crippen LogP contribution in [0.5, 0.6) is 0 Å². The molecule has 0 aliphatic heterocycles. The van der Waals surface area contributed by atoms with Gasteiger partial charge in [0, 0.05) is 57.3 Å². The number of anilines is 2. The first kappa shape index (κ1) is 22.5. The number of hydrogen-bond acceptors (Lipinski definition) is 3. The Hall–Kier alpha value is -4.44. The molecule has 0 bridgehead atoms. The van der Waals surface area contributed by atoms with Crippen molar-refractivity contribution in [3.63, 3.8) is 0 Å². The fourth-order valence-corrected chi connectivity index (χ4v) is 8.02. The van der Waals surface area contributed by atoms with Gasteiger partial charge in [0.15, 0.2) is 0 Å². The molecule has 184 valence electrons. The second kappa shape index (κ2) is 9.09. The number of hydrogen-bond donors (Lipinski definition) is 1. The molecular formula is C36H23NS2. The van der Waals surface area contributed by atoms with Crippen molar-refractivity contribution in [3.05, 3.63) is 133 Å². The van der Waals surface area contributed by atoms with E-state index in [1.165, 1.54) is 62.6 Å². The summed E-state index contributed by atoms with van der Waals surface area (Å²) in [4.78, 5) is 0. The highest BCUT2D eigenvalue weighted by molar-refractivity contribution is 7.26. The lowest BCUT2D eigenvalue weighted by atomic mass is 9.93. The maximum absolute atomic E-state index is 3.71. The Morgan fingerprint density at radius 1 is 0.385 bits per heavy atom. The van der Waals surface area contributed by atoms with Crippen molar-refractivity contribution in [2.45, 2.75) is 0 Å². The third-order valence-corrected chi connectivity index (χ3v) is 9.82. The minimum Gasteiger partial charge on any atom is -0.355 e. The van der Waals surface area contributed by atoms with Gasteiger partial charge in [-0.25, -0.2) is 0 Å². The average Bonchev–Trinajstić information content (AvgIpc) is 3.55. The molecule has 0 aliphatic rings. The Labute approximate surface area is 234 Å². The summed E-state index contributed by atoms with van der Waals surface area (Å²) in [6.45, 7) is 0. The van der Waals surface area contributed by atoms with Gasteiger partial charge >= 0.3 is 0 Å². The van der Waals surface area contributed by atoms with Crippen LogP contribution in [0, 0.1) is 0 Å². The summed E-state index contributed by atoms with van der Waals surface area (Å²) in [6, 6.07) is 48.3. The van der Waals surface area contributed by atoms with E-state index in [4.69, 9.17) is 0 Å². The van der Waals surface area contributed by atoms with Gasteiger partial charge in [-0.2, -0.15) is 0 Å². The van der Waals surface area contributed by atoms with Crippen LogP contribution in [0.3, 0.4) is 0 Å². The molecule has 0 fully saturated rings. The van der Waals surface area contributed by atoms with E-state index in [9.17, 15) is 0 Å². The Kier molecular flexibility index (Phi) is 5.25. The van der Waals surface area contributed by atoms with Crippen LogP contribution in [-0.2, 0) is 0 Å². The van der Waals surface area contributed by atoms with Gasteiger partial charge in [-0.15, -0.1) is 22.7 Å². The second-order valence-corrected chi connectivity index (χ2v) is 12.0. The number of thiophene rings is 2. The summed E-state index contributed by atoms with van der Waals surface area (Å²) in [5, 5.41) is 9.01. The molecule has 2 heterocycles. The van der Waals surface area contributed by atoms with Gasteiger partial charge in [0.2, 0.25) is 0 Å². The van der Waals surface area contributed by atoms with E-state index >= 15 is 0 Å². The lowest BCUT2D eigenvalue weighted by Gasteiger charge is -2.15. The minimum atomic E-state index is 1.09. The van der Waals surface area contributed by atoms with Crippen molar-refractivity contribution in [3.8, 4) is 22.3 Å². The first-order chi connectivity index (χ1) is 19.3. The highest BCUT2D eigenvalue weighted by Gasteiger charge is 2.15. The molecule has 0 amide bonds. The number of benzene rings is 6. The van der Waals surface area contributed by atoms with Gasteiger partial charge < -0.3 is 5.32 Å². The molecule has 8 aromatic rings. The van der Waals surface area contributed by atoms with E-state index in [0.717, 1.165) is 11.4 Å². The summed E-state index contributed by atoms with van der Waals surface area (Å²) in [5.74, 6) is 0. The lowest BCUT2D eigenvalue weighted by molar-refractivity contribution is 1.55. The molecule has 6 aromatic carbocycles. The molecule has 0 saturated carbocycles. The van der Waals surface area contributed by atoms with Gasteiger partial charge in [-0.3, -0.25) is 0 Å². The Balaban J connectivity index is 1.28. The van der Waals surface area contributed by atoms with Crippen LogP contribution in [0.1, 0.15) is 0 Å². The zero-order chi connectivity index (χ0) is 25.8. The average molecular weight is 534 g/mol. The van der Waals surface area contributed by atoms with Gasteiger partial charge in [0.05, 0.1) is 0 Å². The molecule has 8 rings (SSSR count). The van der Waals surface area contributed by atoms with E-state index in [0.29, 0.717) is 0 Å². The van der Waals surface area contributed by atoms with Crippen LogP contribution in [-0.4, -0.2) is 0 Å². The van der Waals surface area contributed by atoms with E-state index in [1.54, 1.807) is 0 Å². The SMILES string of the molecule is c1ccc(-c2ccc(Nc3ccc4c(c3)sc3ccccc34)cc2-c2cccc3c2sc2ccccc23)cc1. The Morgan fingerprint density at radius 2 is 1.03 bits per heavy atom. The first-order valence-electron chi connectivity index (χ1n) is 13.1. The van der Waals surface area contributed by atoms with Crippen molar-refractivity contribution in [1.82, 2.24) is 0 Å². The molecule has 39 heavy (non-hydrogen) atoms. The summed E-state index contributed by atoms with van der Waals surface area (Å²) in [5.41, 5.74) is 7.17. The maximum Gasteiger partial charge on any atom is 0.0434 e. The van der Waals surface area contributed by atoms with Gasteiger partial charge in [0.25, 0.3) is 0 Å². The van der Waals surface area contributed by atoms with E-state index in [-0.39, 0.29) is 0 Å². The molecule has 0 saturated heterocycles. The van der Waals surface area contributed by atoms with Gasteiger partial charge in [-0.1, -0.05) is 97.1 Å². The molecule has 0 atom stereocenters. The van der Waals surface area contributed by atoms with Crippen molar-refractivity contribution in [2.75, 3.05) is 5.32 Å². The van der Waals surface area contributed by atoms with Gasteiger partial charge in [-0.05, 0) is 53.1 Å². The third-order valence-electron chi connectivity index (χ3n) is 7.47. The van der Waals surface area contributed by atoms with Crippen LogP contribution in [0.2, 0.25) is 0 Å². The molecule has 0 aliphatic carbocycles. The van der Waals surface area contributed by atoms with Crippen molar-refractivity contribution < 1.29 is 0 Å². The summed E-state index contributed by atoms with van der Waals surface area (Å²) in [6.07, 6.45) is 0. The molecule has 0 spiro atoms. The third kappa shape index (κ3) is 3.82. The zero-order valence-electron chi connectivity index (χ0n) is 21.0. The molecule has 3 heteroatoms.